The van der Waals surface area contributed by atoms with Gasteiger partial charge >= 0.3 is 5.96 Å². The number of rotatable bonds is 1. The van der Waals surface area contributed by atoms with Crippen molar-refractivity contribution in [3.63, 3.8) is 0 Å². The summed E-state index contributed by atoms with van der Waals surface area (Å²) in [5.74, 6) is 0.502. The molecular formula is C11H24N4+2. The average molecular weight is 212 g/mol. The van der Waals surface area contributed by atoms with E-state index in [1.54, 1.807) is 0 Å². The summed E-state index contributed by atoms with van der Waals surface area (Å²) in [4.78, 5) is 1.83. The molecule has 15 heavy (non-hydrogen) atoms. The maximum atomic E-state index is 5.60. The van der Waals surface area contributed by atoms with E-state index in [-0.39, 0.29) is 0 Å². The Morgan fingerprint density at radius 1 is 1.00 bits per heavy atom. The van der Waals surface area contributed by atoms with Crippen LogP contribution in [0.25, 0.3) is 0 Å². The zero-order chi connectivity index (χ0) is 10.7. The van der Waals surface area contributed by atoms with Crippen LogP contribution in [0, 0.1) is 0 Å². The third-order valence-electron chi connectivity index (χ3n) is 3.93. The van der Waals surface area contributed by atoms with Crippen LogP contribution < -0.4 is 16.4 Å². The van der Waals surface area contributed by atoms with E-state index in [1.165, 1.54) is 45.2 Å². The topological polar surface area (TPSA) is 59.5 Å². The third-order valence-corrected chi connectivity index (χ3v) is 3.93. The van der Waals surface area contributed by atoms with E-state index in [0.717, 1.165) is 19.1 Å². The minimum absolute atomic E-state index is 0.502. The van der Waals surface area contributed by atoms with Gasteiger partial charge < -0.3 is 4.90 Å². The smallest absolute Gasteiger partial charge is 0.332 e. The lowest BCUT2D eigenvalue weighted by Gasteiger charge is -2.34. The van der Waals surface area contributed by atoms with Gasteiger partial charge in [-0.15, -0.1) is 0 Å². The van der Waals surface area contributed by atoms with Gasteiger partial charge in [-0.25, -0.2) is 0 Å². The van der Waals surface area contributed by atoms with Gasteiger partial charge in [0.2, 0.25) is 0 Å². The first-order valence-electron chi connectivity index (χ1n) is 6.25. The summed E-state index contributed by atoms with van der Waals surface area (Å²) in [5.41, 5.74) is 11.2. The summed E-state index contributed by atoms with van der Waals surface area (Å²) >= 11 is 0. The molecule has 0 saturated carbocycles. The maximum Gasteiger partial charge on any atom is 0.341 e. The van der Waals surface area contributed by atoms with Crippen LogP contribution >= 0.6 is 0 Å². The highest BCUT2D eigenvalue weighted by atomic mass is 15.2. The highest BCUT2D eigenvalue weighted by Crippen LogP contribution is 2.05. The van der Waals surface area contributed by atoms with Crippen LogP contribution in [0.4, 0.5) is 0 Å². The molecule has 0 atom stereocenters. The van der Waals surface area contributed by atoms with Gasteiger partial charge in [0.05, 0.1) is 32.2 Å². The van der Waals surface area contributed by atoms with Crippen LogP contribution in [0.5, 0.6) is 0 Å². The normalized spacial score (nSPS) is 29.1. The van der Waals surface area contributed by atoms with Gasteiger partial charge in [-0.3, -0.25) is 16.0 Å². The van der Waals surface area contributed by atoms with Gasteiger partial charge in [-0.05, 0) is 19.3 Å². The number of nitrogens with two attached hydrogens (primary N) is 2. The van der Waals surface area contributed by atoms with Crippen molar-refractivity contribution in [2.24, 2.45) is 11.5 Å². The van der Waals surface area contributed by atoms with E-state index in [0.29, 0.717) is 5.96 Å². The summed E-state index contributed by atoms with van der Waals surface area (Å²) in [5, 5.41) is 0. The van der Waals surface area contributed by atoms with Gasteiger partial charge in [-0.1, -0.05) is 0 Å². The highest BCUT2D eigenvalue weighted by molar-refractivity contribution is 5.70. The number of nitrogens with one attached hydrogen (secondary N) is 1. The van der Waals surface area contributed by atoms with E-state index < -0.39 is 0 Å². The SMILES string of the molecule is NC(N)=[N+]1CCC([NH+]2CCCCC2)CC1. The lowest BCUT2D eigenvalue weighted by molar-refractivity contribution is -0.934. The molecule has 0 bridgehead atoms. The zero-order valence-corrected chi connectivity index (χ0v) is 9.54. The molecule has 0 aromatic heterocycles. The lowest BCUT2D eigenvalue weighted by Crippen LogP contribution is -3.16. The van der Waals surface area contributed by atoms with Crippen LogP contribution in [0.3, 0.4) is 0 Å². The fourth-order valence-electron chi connectivity index (χ4n) is 2.96. The molecule has 86 valence electrons. The molecule has 2 heterocycles. The molecule has 0 unspecified atom stereocenters. The fourth-order valence-corrected chi connectivity index (χ4v) is 2.96. The number of likely N-dealkylation sites (tertiary alicyclic amines) is 1. The van der Waals surface area contributed by atoms with Gasteiger partial charge in [0.15, 0.2) is 0 Å². The van der Waals surface area contributed by atoms with Crippen LogP contribution in [-0.4, -0.2) is 42.8 Å². The van der Waals surface area contributed by atoms with Crippen LogP contribution in [0.1, 0.15) is 32.1 Å². The molecule has 0 aromatic carbocycles. The summed E-state index contributed by atoms with van der Waals surface area (Å²) in [6, 6.07) is 0.862. The fraction of sp³-hybridized carbons (Fsp3) is 0.909. The first-order chi connectivity index (χ1) is 7.27. The van der Waals surface area contributed by atoms with Gasteiger partial charge in [0.25, 0.3) is 0 Å². The molecule has 4 nitrogen and oxygen atoms in total. The lowest BCUT2D eigenvalue weighted by atomic mass is 10.0. The minimum Gasteiger partial charge on any atom is -0.332 e. The molecule has 2 fully saturated rings. The number of piperidine rings is 2. The second-order valence-corrected chi connectivity index (χ2v) is 4.91. The minimum atomic E-state index is 0.502. The van der Waals surface area contributed by atoms with Crippen molar-refractivity contribution in [2.75, 3.05) is 26.2 Å². The number of hydrogen-bond donors (Lipinski definition) is 3. The molecule has 2 rings (SSSR count). The van der Waals surface area contributed by atoms with Crippen molar-refractivity contribution >= 4 is 5.96 Å². The molecule has 4 heteroatoms. The average Bonchev–Trinajstić information content (AvgIpc) is 2.30. The van der Waals surface area contributed by atoms with Crippen molar-refractivity contribution in [1.29, 1.82) is 0 Å². The van der Waals surface area contributed by atoms with Crippen LogP contribution in [-0.2, 0) is 0 Å². The third kappa shape index (κ3) is 2.62. The van der Waals surface area contributed by atoms with E-state index in [1.807, 2.05) is 4.90 Å². The molecule has 0 amide bonds. The summed E-state index contributed by atoms with van der Waals surface area (Å²) < 4.78 is 2.11. The van der Waals surface area contributed by atoms with Crippen molar-refractivity contribution in [1.82, 2.24) is 0 Å². The van der Waals surface area contributed by atoms with Gasteiger partial charge in [0, 0.05) is 12.8 Å². The largest absolute Gasteiger partial charge is 0.341 e. The van der Waals surface area contributed by atoms with E-state index in [4.69, 9.17) is 11.5 Å². The molecule has 0 aromatic rings. The maximum absolute atomic E-state index is 5.60. The Labute approximate surface area is 91.9 Å². The van der Waals surface area contributed by atoms with Crippen LogP contribution in [0.2, 0.25) is 0 Å². The summed E-state index contributed by atoms with van der Waals surface area (Å²) in [6.07, 6.45) is 6.79. The predicted octanol–water partition coefficient (Wildman–Crippen LogP) is -1.50. The van der Waals surface area contributed by atoms with Gasteiger partial charge in [0.1, 0.15) is 0 Å². The second-order valence-electron chi connectivity index (χ2n) is 4.91. The Morgan fingerprint density at radius 2 is 1.60 bits per heavy atom. The Morgan fingerprint density at radius 3 is 2.13 bits per heavy atom. The van der Waals surface area contributed by atoms with E-state index in [2.05, 4.69) is 4.58 Å². The first-order valence-corrected chi connectivity index (χ1v) is 6.25. The van der Waals surface area contributed by atoms with E-state index in [9.17, 15) is 0 Å². The van der Waals surface area contributed by atoms with Crippen molar-refractivity contribution in [3.05, 3.63) is 0 Å². The molecular weight excluding hydrogens is 188 g/mol. The summed E-state index contributed by atoms with van der Waals surface area (Å²) in [6.45, 7) is 4.87. The van der Waals surface area contributed by atoms with Crippen LogP contribution in [0.15, 0.2) is 0 Å². The number of quaternary nitrogens is 1. The standard InChI is InChI=1S/C11H22N4/c12-11(13)15-8-4-10(5-9-15)14-6-2-1-3-7-14/h10H,1-9H2,(H3,12,13)/p+2. The zero-order valence-electron chi connectivity index (χ0n) is 9.54. The quantitative estimate of drug-likeness (QED) is 0.366. The Kier molecular flexibility index (Phi) is 3.46. The first kappa shape index (κ1) is 10.7. The Hall–Kier alpha value is -0.770. The number of guanidine groups is 1. The molecule has 0 aliphatic carbocycles. The number of hydrogen-bond acceptors (Lipinski definition) is 0. The number of nitrogens with zero attached hydrogens (tertiary/aromatic N) is 1. The second kappa shape index (κ2) is 4.84. The molecule has 2 saturated heterocycles. The van der Waals surface area contributed by atoms with Gasteiger partial charge in [-0.2, -0.15) is 0 Å². The highest BCUT2D eigenvalue weighted by Gasteiger charge is 2.28. The van der Waals surface area contributed by atoms with Crippen molar-refractivity contribution in [2.45, 2.75) is 38.1 Å². The monoisotopic (exact) mass is 212 g/mol. The Balaban J connectivity index is 1.84. The Bertz CT molecular complexity index is 229. The molecule has 0 spiro atoms. The molecule has 2 aliphatic rings. The van der Waals surface area contributed by atoms with Crippen molar-refractivity contribution < 1.29 is 9.48 Å². The van der Waals surface area contributed by atoms with E-state index >= 15 is 0 Å². The van der Waals surface area contributed by atoms with Crippen molar-refractivity contribution in [3.8, 4) is 0 Å². The molecule has 5 N–H and O–H groups in total. The molecule has 2 aliphatic heterocycles. The summed E-state index contributed by atoms with van der Waals surface area (Å²) in [7, 11) is 0. The molecule has 0 radical (unpaired) electrons. The predicted molar refractivity (Wildman–Crippen MR) is 60.9 cm³/mol.